The molecule has 0 heterocycles. The van der Waals surface area contributed by atoms with Crippen LogP contribution in [0, 0.1) is 0 Å². The number of hydrogen-bond acceptors (Lipinski definition) is 3. The average Bonchev–Trinajstić information content (AvgIpc) is 2.25. The van der Waals surface area contributed by atoms with Gasteiger partial charge in [0.25, 0.3) is 0 Å². The number of hydrogen-bond donors (Lipinski definition) is 1. The highest BCUT2D eigenvalue weighted by molar-refractivity contribution is 6.33. The van der Waals surface area contributed by atoms with E-state index in [-0.39, 0.29) is 10.6 Å². The first-order valence-electron chi connectivity index (χ1n) is 4.79. The van der Waals surface area contributed by atoms with Crippen LogP contribution < -0.4 is 4.90 Å². The van der Waals surface area contributed by atoms with Gasteiger partial charge < -0.3 is 14.7 Å². The highest BCUT2D eigenvalue weighted by atomic mass is 35.5. The molecule has 1 aromatic carbocycles. The fourth-order valence-corrected chi connectivity index (χ4v) is 1.53. The largest absolute Gasteiger partial charge is 0.478 e. The molecule has 16 heavy (non-hydrogen) atoms. The lowest BCUT2D eigenvalue weighted by Crippen LogP contribution is -2.22. The van der Waals surface area contributed by atoms with Crippen LogP contribution in [0.4, 0.5) is 5.69 Å². The first kappa shape index (κ1) is 12.8. The molecule has 0 radical (unpaired) electrons. The fourth-order valence-electron chi connectivity index (χ4n) is 1.27. The van der Waals surface area contributed by atoms with Gasteiger partial charge in [0.2, 0.25) is 0 Å². The lowest BCUT2D eigenvalue weighted by Gasteiger charge is -2.19. The van der Waals surface area contributed by atoms with E-state index < -0.39 is 5.97 Å². The van der Waals surface area contributed by atoms with Gasteiger partial charge >= 0.3 is 5.97 Å². The van der Waals surface area contributed by atoms with Crippen LogP contribution in [-0.4, -0.2) is 38.4 Å². The van der Waals surface area contributed by atoms with Crippen molar-refractivity contribution in [1.29, 1.82) is 0 Å². The Labute approximate surface area is 99.4 Å². The highest BCUT2D eigenvalue weighted by Gasteiger charge is 2.10. The number of ether oxygens (including phenoxy) is 1. The van der Waals surface area contributed by atoms with Crippen LogP contribution >= 0.6 is 11.6 Å². The number of carboxylic acid groups (broad SMARTS) is 1. The van der Waals surface area contributed by atoms with Gasteiger partial charge in [-0.05, 0) is 18.2 Å². The quantitative estimate of drug-likeness (QED) is 0.861. The lowest BCUT2D eigenvalue weighted by molar-refractivity contribution is 0.0697. The second-order valence-electron chi connectivity index (χ2n) is 3.38. The minimum absolute atomic E-state index is 0.116. The van der Waals surface area contributed by atoms with Gasteiger partial charge in [-0.25, -0.2) is 4.79 Å². The number of benzene rings is 1. The van der Waals surface area contributed by atoms with Gasteiger partial charge in [-0.1, -0.05) is 11.6 Å². The van der Waals surface area contributed by atoms with Crippen molar-refractivity contribution in [1.82, 2.24) is 0 Å². The third kappa shape index (κ3) is 3.12. The number of rotatable bonds is 5. The van der Waals surface area contributed by atoms with Crippen LogP contribution in [0.15, 0.2) is 18.2 Å². The van der Waals surface area contributed by atoms with E-state index in [0.717, 1.165) is 12.2 Å². The van der Waals surface area contributed by atoms with Crippen molar-refractivity contribution in [3.05, 3.63) is 28.8 Å². The number of carboxylic acids is 1. The van der Waals surface area contributed by atoms with Crippen LogP contribution in [0.3, 0.4) is 0 Å². The van der Waals surface area contributed by atoms with E-state index in [2.05, 4.69) is 0 Å². The van der Waals surface area contributed by atoms with Crippen molar-refractivity contribution < 1.29 is 14.6 Å². The maximum atomic E-state index is 10.8. The summed E-state index contributed by atoms with van der Waals surface area (Å²) in [5.41, 5.74) is 0.984. The molecule has 1 rings (SSSR count). The van der Waals surface area contributed by atoms with Crippen molar-refractivity contribution in [3.63, 3.8) is 0 Å². The first-order valence-corrected chi connectivity index (χ1v) is 5.17. The standard InChI is InChI=1S/C11H14ClNO3/c1-13(5-6-16-2)8-3-4-9(11(14)15)10(12)7-8/h3-4,7H,5-6H2,1-2H3,(H,14,15). The predicted molar refractivity (Wildman–Crippen MR) is 63.6 cm³/mol. The van der Waals surface area contributed by atoms with Gasteiger partial charge in [0.15, 0.2) is 0 Å². The van der Waals surface area contributed by atoms with Crippen molar-refractivity contribution in [2.45, 2.75) is 0 Å². The van der Waals surface area contributed by atoms with Gasteiger partial charge in [0.1, 0.15) is 0 Å². The number of halogens is 1. The SMILES string of the molecule is COCCN(C)c1ccc(C(=O)O)c(Cl)c1. The Kier molecular flexibility index (Phi) is 4.58. The molecule has 0 amide bonds. The Hall–Kier alpha value is -1.26. The number of anilines is 1. The molecule has 0 atom stereocenters. The molecule has 0 aliphatic heterocycles. The summed E-state index contributed by atoms with van der Waals surface area (Å²) in [4.78, 5) is 12.7. The van der Waals surface area contributed by atoms with Crippen LogP contribution in [0.5, 0.6) is 0 Å². The number of aromatic carboxylic acids is 1. The van der Waals surface area contributed by atoms with E-state index in [1.54, 1.807) is 19.2 Å². The summed E-state index contributed by atoms with van der Waals surface area (Å²) >= 11 is 5.86. The predicted octanol–water partition coefficient (Wildman–Crippen LogP) is 2.12. The van der Waals surface area contributed by atoms with E-state index in [1.807, 2.05) is 11.9 Å². The lowest BCUT2D eigenvalue weighted by atomic mass is 10.2. The normalized spacial score (nSPS) is 10.2. The zero-order valence-corrected chi connectivity index (χ0v) is 9.99. The maximum absolute atomic E-state index is 10.8. The molecule has 0 aliphatic rings. The third-order valence-corrected chi connectivity index (χ3v) is 2.57. The van der Waals surface area contributed by atoms with E-state index in [0.29, 0.717) is 6.61 Å². The van der Waals surface area contributed by atoms with Crippen LogP contribution in [0.1, 0.15) is 10.4 Å². The van der Waals surface area contributed by atoms with Crippen molar-refractivity contribution in [3.8, 4) is 0 Å². The summed E-state index contributed by atoms with van der Waals surface area (Å²) in [6.07, 6.45) is 0. The second kappa shape index (κ2) is 5.72. The van der Waals surface area contributed by atoms with E-state index in [9.17, 15) is 4.79 Å². The molecule has 0 fully saturated rings. The Balaban J connectivity index is 2.84. The van der Waals surface area contributed by atoms with Crippen LogP contribution in [0.2, 0.25) is 5.02 Å². The third-order valence-electron chi connectivity index (χ3n) is 2.25. The Bertz CT molecular complexity index is 381. The molecule has 0 unspecified atom stereocenters. The second-order valence-corrected chi connectivity index (χ2v) is 3.79. The molecule has 1 N–H and O–H groups in total. The molecule has 5 heteroatoms. The van der Waals surface area contributed by atoms with Crippen LogP contribution in [0.25, 0.3) is 0 Å². The Morgan fingerprint density at radius 3 is 2.75 bits per heavy atom. The molecule has 4 nitrogen and oxygen atoms in total. The molecule has 0 saturated heterocycles. The summed E-state index contributed by atoms with van der Waals surface area (Å²) in [7, 11) is 3.53. The summed E-state index contributed by atoms with van der Waals surface area (Å²) in [5.74, 6) is -1.02. The van der Waals surface area contributed by atoms with Crippen molar-refractivity contribution >= 4 is 23.3 Å². The Morgan fingerprint density at radius 2 is 2.25 bits per heavy atom. The van der Waals surface area contributed by atoms with Gasteiger partial charge in [-0.15, -0.1) is 0 Å². The van der Waals surface area contributed by atoms with Gasteiger partial charge in [0.05, 0.1) is 17.2 Å². The monoisotopic (exact) mass is 243 g/mol. The minimum atomic E-state index is -1.02. The zero-order valence-electron chi connectivity index (χ0n) is 9.24. The smallest absolute Gasteiger partial charge is 0.337 e. The average molecular weight is 244 g/mol. The number of nitrogens with zero attached hydrogens (tertiary/aromatic N) is 1. The zero-order chi connectivity index (χ0) is 12.1. The van der Waals surface area contributed by atoms with E-state index in [1.165, 1.54) is 6.07 Å². The van der Waals surface area contributed by atoms with E-state index >= 15 is 0 Å². The summed E-state index contributed by atoms with van der Waals surface area (Å²) in [6, 6.07) is 4.87. The number of carbonyl (C=O) groups is 1. The topological polar surface area (TPSA) is 49.8 Å². The molecule has 0 saturated carbocycles. The fraction of sp³-hybridized carbons (Fsp3) is 0.364. The van der Waals surface area contributed by atoms with Crippen molar-refractivity contribution in [2.24, 2.45) is 0 Å². The summed E-state index contributed by atoms with van der Waals surface area (Å²) in [6.45, 7) is 1.33. The molecular formula is C11H14ClNO3. The number of likely N-dealkylation sites (N-methyl/N-ethyl adjacent to an activating group) is 1. The van der Waals surface area contributed by atoms with E-state index in [4.69, 9.17) is 21.4 Å². The molecule has 0 aliphatic carbocycles. The molecule has 0 spiro atoms. The molecule has 88 valence electrons. The number of methoxy groups -OCH3 is 1. The minimum Gasteiger partial charge on any atom is -0.478 e. The molecule has 0 bridgehead atoms. The van der Waals surface area contributed by atoms with Gasteiger partial charge in [-0.2, -0.15) is 0 Å². The highest BCUT2D eigenvalue weighted by Crippen LogP contribution is 2.22. The summed E-state index contributed by atoms with van der Waals surface area (Å²) < 4.78 is 4.96. The van der Waals surface area contributed by atoms with Crippen molar-refractivity contribution in [2.75, 3.05) is 32.2 Å². The molecule has 0 aromatic heterocycles. The molecular weight excluding hydrogens is 230 g/mol. The maximum Gasteiger partial charge on any atom is 0.337 e. The first-order chi connectivity index (χ1) is 7.56. The summed E-state index contributed by atoms with van der Waals surface area (Å²) in [5, 5.41) is 9.06. The molecule has 1 aromatic rings. The van der Waals surface area contributed by atoms with Crippen LogP contribution in [-0.2, 0) is 4.74 Å². The van der Waals surface area contributed by atoms with Gasteiger partial charge in [-0.3, -0.25) is 0 Å². The van der Waals surface area contributed by atoms with Gasteiger partial charge in [0, 0.05) is 26.4 Å². The Morgan fingerprint density at radius 1 is 1.56 bits per heavy atom.